The maximum absolute atomic E-state index is 12.1. The molecule has 6 heteroatoms. The molecule has 3 aromatic rings. The summed E-state index contributed by atoms with van der Waals surface area (Å²) in [7, 11) is 0. The smallest absolute Gasteiger partial charge is 0.409 e. The van der Waals surface area contributed by atoms with E-state index in [-0.39, 0.29) is 0 Å². The van der Waals surface area contributed by atoms with E-state index in [1.54, 1.807) is 36.4 Å². The minimum absolute atomic E-state index is 0.403. The molecule has 0 radical (unpaired) electrons. The van der Waals surface area contributed by atoms with Crippen molar-refractivity contribution in [2.75, 3.05) is 0 Å². The first-order valence-corrected chi connectivity index (χ1v) is 7.25. The van der Waals surface area contributed by atoms with Gasteiger partial charge < -0.3 is 4.42 Å². The highest BCUT2D eigenvalue weighted by Crippen LogP contribution is 2.21. The zero-order valence-electron chi connectivity index (χ0n) is 9.97. The molecule has 0 fully saturated rings. The van der Waals surface area contributed by atoms with Crippen LogP contribution in [-0.2, 0) is 0 Å². The van der Waals surface area contributed by atoms with E-state index in [1.165, 1.54) is 4.57 Å². The standard InChI is InChI=1S/C14H7BrClNO2S/c15-8-1-6-12-11(7-8)13(20)17(14(18)19-12)10-4-2-9(16)3-5-10/h1-7H. The van der Waals surface area contributed by atoms with Crippen molar-refractivity contribution < 1.29 is 4.42 Å². The predicted molar refractivity (Wildman–Crippen MR) is 85.4 cm³/mol. The Morgan fingerprint density at radius 2 is 1.85 bits per heavy atom. The van der Waals surface area contributed by atoms with Crippen LogP contribution in [0.2, 0.25) is 5.02 Å². The summed E-state index contributed by atoms with van der Waals surface area (Å²) in [4.78, 5) is 12.1. The summed E-state index contributed by atoms with van der Waals surface area (Å²) in [6.45, 7) is 0. The lowest BCUT2D eigenvalue weighted by Crippen LogP contribution is -2.17. The Morgan fingerprint density at radius 1 is 1.15 bits per heavy atom. The van der Waals surface area contributed by atoms with Gasteiger partial charge in [-0.25, -0.2) is 9.36 Å². The molecule has 3 nitrogen and oxygen atoms in total. The number of rotatable bonds is 1. The molecular formula is C14H7BrClNO2S. The van der Waals surface area contributed by atoms with Crippen LogP contribution in [0.4, 0.5) is 0 Å². The maximum Gasteiger partial charge on any atom is 0.425 e. The molecule has 0 aliphatic heterocycles. The molecule has 2 aromatic carbocycles. The molecule has 1 heterocycles. The van der Waals surface area contributed by atoms with E-state index in [2.05, 4.69) is 15.9 Å². The lowest BCUT2D eigenvalue weighted by atomic mass is 10.2. The number of hydrogen-bond acceptors (Lipinski definition) is 3. The van der Waals surface area contributed by atoms with Crippen LogP contribution in [-0.4, -0.2) is 4.57 Å². The van der Waals surface area contributed by atoms with Gasteiger partial charge >= 0.3 is 5.76 Å². The minimum atomic E-state index is -0.521. The average molecular weight is 369 g/mol. The molecule has 100 valence electrons. The Kier molecular flexibility index (Phi) is 3.50. The summed E-state index contributed by atoms with van der Waals surface area (Å²) in [6, 6.07) is 12.2. The van der Waals surface area contributed by atoms with Gasteiger partial charge in [-0.2, -0.15) is 0 Å². The van der Waals surface area contributed by atoms with Crippen LogP contribution >= 0.6 is 39.7 Å². The zero-order valence-corrected chi connectivity index (χ0v) is 13.1. The second-order valence-electron chi connectivity index (χ2n) is 4.13. The van der Waals surface area contributed by atoms with Crippen LogP contribution < -0.4 is 5.76 Å². The molecule has 0 amide bonds. The van der Waals surface area contributed by atoms with E-state index in [9.17, 15) is 4.79 Å². The van der Waals surface area contributed by atoms with Gasteiger partial charge in [0.1, 0.15) is 10.2 Å². The largest absolute Gasteiger partial charge is 0.425 e. The maximum atomic E-state index is 12.1. The third-order valence-electron chi connectivity index (χ3n) is 2.84. The summed E-state index contributed by atoms with van der Waals surface area (Å²) in [5.41, 5.74) is 1.09. The Morgan fingerprint density at radius 3 is 2.55 bits per heavy atom. The number of fused-ring (bicyclic) bond motifs is 1. The summed E-state index contributed by atoms with van der Waals surface area (Å²) in [6.07, 6.45) is 0. The van der Waals surface area contributed by atoms with E-state index in [4.69, 9.17) is 28.2 Å². The normalized spacial score (nSPS) is 10.9. The quantitative estimate of drug-likeness (QED) is 0.583. The van der Waals surface area contributed by atoms with Crippen molar-refractivity contribution in [1.82, 2.24) is 4.57 Å². The molecule has 0 unspecified atom stereocenters. The molecule has 0 spiro atoms. The van der Waals surface area contributed by atoms with E-state index in [0.717, 1.165) is 4.47 Å². The van der Waals surface area contributed by atoms with Crippen LogP contribution in [0.5, 0.6) is 0 Å². The highest BCUT2D eigenvalue weighted by Gasteiger charge is 2.09. The van der Waals surface area contributed by atoms with E-state index in [1.807, 2.05) is 6.07 Å². The summed E-state index contributed by atoms with van der Waals surface area (Å²) < 4.78 is 7.92. The Bertz CT molecular complexity index is 915. The van der Waals surface area contributed by atoms with Gasteiger partial charge in [0.2, 0.25) is 0 Å². The lowest BCUT2D eigenvalue weighted by molar-refractivity contribution is 0.507. The average Bonchev–Trinajstić information content (AvgIpc) is 2.42. The Balaban J connectivity index is 2.39. The SMILES string of the molecule is O=c1oc2ccc(Br)cc2c(=S)n1-c1ccc(Cl)cc1. The second-order valence-corrected chi connectivity index (χ2v) is 5.86. The molecule has 0 aliphatic carbocycles. The second kappa shape index (κ2) is 5.16. The van der Waals surface area contributed by atoms with Crippen molar-refractivity contribution >= 4 is 50.7 Å². The van der Waals surface area contributed by atoms with Gasteiger partial charge in [-0.05, 0) is 42.5 Å². The highest BCUT2D eigenvalue weighted by atomic mass is 79.9. The van der Waals surface area contributed by atoms with Gasteiger partial charge in [-0.1, -0.05) is 39.7 Å². The van der Waals surface area contributed by atoms with Crippen molar-refractivity contribution in [1.29, 1.82) is 0 Å². The number of nitrogens with zero attached hydrogens (tertiary/aromatic N) is 1. The third kappa shape index (κ3) is 2.32. The fraction of sp³-hybridized carbons (Fsp3) is 0. The lowest BCUT2D eigenvalue weighted by Gasteiger charge is -2.07. The van der Waals surface area contributed by atoms with E-state index < -0.39 is 5.76 Å². The van der Waals surface area contributed by atoms with Crippen molar-refractivity contribution in [2.45, 2.75) is 0 Å². The van der Waals surface area contributed by atoms with E-state index in [0.29, 0.717) is 26.3 Å². The van der Waals surface area contributed by atoms with Crippen molar-refractivity contribution in [3.8, 4) is 5.69 Å². The van der Waals surface area contributed by atoms with Crippen LogP contribution in [0.1, 0.15) is 0 Å². The molecule has 0 bridgehead atoms. The monoisotopic (exact) mass is 367 g/mol. The molecule has 0 saturated carbocycles. The first kappa shape index (κ1) is 13.5. The number of benzene rings is 2. The van der Waals surface area contributed by atoms with Crippen molar-refractivity contribution in [2.24, 2.45) is 0 Å². The molecule has 0 atom stereocenters. The third-order valence-corrected chi connectivity index (χ3v) is 3.99. The molecule has 20 heavy (non-hydrogen) atoms. The van der Waals surface area contributed by atoms with Gasteiger partial charge in [0.25, 0.3) is 0 Å². The fourth-order valence-corrected chi connectivity index (χ4v) is 2.74. The van der Waals surface area contributed by atoms with Crippen LogP contribution in [0.15, 0.2) is 56.1 Å². The Labute approximate surface area is 132 Å². The van der Waals surface area contributed by atoms with Gasteiger partial charge in [-0.15, -0.1) is 0 Å². The van der Waals surface area contributed by atoms with Gasteiger partial charge in [0.15, 0.2) is 0 Å². The predicted octanol–water partition coefficient (Wildman–Crippen LogP) is 4.73. The summed E-state index contributed by atoms with van der Waals surface area (Å²) >= 11 is 14.6. The van der Waals surface area contributed by atoms with Crippen LogP contribution in [0, 0.1) is 4.64 Å². The number of aromatic nitrogens is 1. The highest BCUT2D eigenvalue weighted by molar-refractivity contribution is 9.10. The zero-order chi connectivity index (χ0) is 14.3. The topological polar surface area (TPSA) is 35.1 Å². The molecular weight excluding hydrogens is 362 g/mol. The molecule has 0 saturated heterocycles. The van der Waals surface area contributed by atoms with Gasteiger partial charge in [0.05, 0.1) is 11.1 Å². The van der Waals surface area contributed by atoms with Gasteiger partial charge in [0, 0.05) is 9.50 Å². The van der Waals surface area contributed by atoms with Crippen molar-refractivity contribution in [3.05, 3.63) is 67.2 Å². The molecule has 0 aliphatic rings. The summed E-state index contributed by atoms with van der Waals surface area (Å²) in [5.74, 6) is -0.521. The minimum Gasteiger partial charge on any atom is -0.409 e. The first-order chi connectivity index (χ1) is 9.56. The molecule has 3 rings (SSSR count). The molecule has 1 aromatic heterocycles. The first-order valence-electron chi connectivity index (χ1n) is 5.67. The van der Waals surface area contributed by atoms with Crippen LogP contribution in [0.3, 0.4) is 0 Å². The number of halogens is 2. The van der Waals surface area contributed by atoms with E-state index >= 15 is 0 Å². The fourth-order valence-electron chi connectivity index (χ4n) is 1.91. The summed E-state index contributed by atoms with van der Waals surface area (Å²) in [5, 5.41) is 1.29. The van der Waals surface area contributed by atoms with Crippen LogP contribution in [0.25, 0.3) is 16.7 Å². The number of hydrogen-bond donors (Lipinski definition) is 0. The van der Waals surface area contributed by atoms with Gasteiger partial charge in [-0.3, -0.25) is 0 Å². The van der Waals surface area contributed by atoms with Crippen molar-refractivity contribution in [3.63, 3.8) is 0 Å². The molecule has 0 N–H and O–H groups in total. The Hall–Kier alpha value is -1.43.